The molecule has 1 aliphatic heterocycles. The molecule has 1 aliphatic rings. The lowest BCUT2D eigenvalue weighted by atomic mass is 10.2. The highest BCUT2D eigenvalue weighted by atomic mass is 35.5. The summed E-state index contributed by atoms with van der Waals surface area (Å²) >= 11 is 7.09. The Balaban J connectivity index is 1.78. The van der Waals surface area contributed by atoms with E-state index < -0.39 is 10.0 Å². The van der Waals surface area contributed by atoms with Gasteiger partial charge in [0.2, 0.25) is 0 Å². The quantitative estimate of drug-likeness (QED) is 0.872. The second-order valence-corrected chi connectivity index (χ2v) is 9.32. The molecule has 1 aromatic carbocycles. The van der Waals surface area contributed by atoms with Crippen LogP contribution in [0.25, 0.3) is 0 Å². The van der Waals surface area contributed by atoms with Gasteiger partial charge in [-0.15, -0.1) is 11.3 Å². The first-order valence-electron chi connectivity index (χ1n) is 7.55. The Labute approximate surface area is 150 Å². The van der Waals surface area contributed by atoms with Crippen LogP contribution >= 0.6 is 22.9 Å². The third-order valence-electron chi connectivity index (χ3n) is 3.84. The summed E-state index contributed by atoms with van der Waals surface area (Å²) in [5.41, 5.74) is 1.50. The van der Waals surface area contributed by atoms with Crippen molar-refractivity contribution >= 4 is 44.6 Å². The molecule has 0 atom stereocenters. The highest BCUT2D eigenvalue weighted by molar-refractivity contribution is 7.91. The molecule has 1 fully saturated rings. The first kappa shape index (κ1) is 17.4. The molecule has 0 bridgehead atoms. The fraction of sp³-hybridized carbons (Fsp3) is 0.312. The third-order valence-corrected chi connectivity index (χ3v) is 7.60. The van der Waals surface area contributed by atoms with Crippen LogP contribution in [0.5, 0.6) is 0 Å². The minimum Gasteiger partial charge on any atom is -0.320 e. The molecular weight excluding hydrogens is 368 g/mol. The summed E-state index contributed by atoms with van der Waals surface area (Å²) in [6, 6.07) is 8.36. The lowest BCUT2D eigenvalue weighted by Crippen LogP contribution is -2.27. The highest BCUT2D eigenvalue weighted by Crippen LogP contribution is 2.29. The molecule has 0 spiro atoms. The summed E-state index contributed by atoms with van der Waals surface area (Å²) in [4.78, 5) is 12.7. The topological polar surface area (TPSA) is 66.5 Å². The Kier molecular flexibility index (Phi) is 4.96. The number of nitrogens with zero attached hydrogens (tertiary/aromatic N) is 1. The fourth-order valence-electron chi connectivity index (χ4n) is 2.54. The number of hydrogen-bond donors (Lipinski definition) is 1. The molecule has 1 amide bonds. The number of sulfonamides is 1. The average molecular weight is 385 g/mol. The monoisotopic (exact) mass is 384 g/mol. The minimum atomic E-state index is -3.49. The van der Waals surface area contributed by atoms with E-state index in [1.165, 1.54) is 16.4 Å². The van der Waals surface area contributed by atoms with E-state index in [-0.39, 0.29) is 10.1 Å². The number of nitrogens with one attached hydrogen (secondary N) is 1. The minimum absolute atomic E-state index is 0.199. The third kappa shape index (κ3) is 3.49. The SMILES string of the molecule is Cc1ccc(NC(=O)c2ccc(S(=O)(=O)N3CCCC3)s2)c(Cl)c1. The fourth-order valence-corrected chi connectivity index (χ4v) is 5.70. The Morgan fingerprint density at radius 1 is 1.21 bits per heavy atom. The van der Waals surface area contributed by atoms with Crippen molar-refractivity contribution in [2.75, 3.05) is 18.4 Å². The summed E-state index contributed by atoms with van der Waals surface area (Å²) in [7, 11) is -3.49. The van der Waals surface area contributed by atoms with Crippen LogP contribution in [0.1, 0.15) is 28.1 Å². The van der Waals surface area contributed by atoms with Gasteiger partial charge in [-0.2, -0.15) is 4.31 Å². The predicted molar refractivity (Wildman–Crippen MR) is 96.5 cm³/mol. The van der Waals surface area contributed by atoms with Crippen LogP contribution in [-0.2, 0) is 10.0 Å². The van der Waals surface area contributed by atoms with Crippen molar-refractivity contribution in [3.63, 3.8) is 0 Å². The number of amides is 1. The number of carbonyl (C=O) groups is 1. The van der Waals surface area contributed by atoms with E-state index in [2.05, 4.69) is 5.32 Å². The van der Waals surface area contributed by atoms with Gasteiger partial charge in [0, 0.05) is 13.1 Å². The van der Waals surface area contributed by atoms with Crippen molar-refractivity contribution in [3.8, 4) is 0 Å². The molecule has 24 heavy (non-hydrogen) atoms. The van der Waals surface area contributed by atoms with Crippen molar-refractivity contribution in [2.24, 2.45) is 0 Å². The molecular formula is C16H17ClN2O3S2. The molecule has 1 saturated heterocycles. The number of rotatable bonds is 4. The molecule has 2 heterocycles. The Hall–Kier alpha value is -1.41. The summed E-state index contributed by atoms with van der Waals surface area (Å²) in [6.07, 6.45) is 1.76. The molecule has 1 aromatic heterocycles. The molecule has 128 valence electrons. The maximum absolute atomic E-state index is 12.5. The van der Waals surface area contributed by atoms with Gasteiger partial charge in [-0.25, -0.2) is 8.42 Å². The van der Waals surface area contributed by atoms with Gasteiger partial charge in [0.15, 0.2) is 0 Å². The summed E-state index contributed by atoms with van der Waals surface area (Å²) in [5, 5.41) is 3.17. The zero-order valence-corrected chi connectivity index (χ0v) is 15.5. The van der Waals surface area contributed by atoms with Crippen LogP contribution in [0.15, 0.2) is 34.5 Å². The van der Waals surface area contributed by atoms with Crippen molar-refractivity contribution in [2.45, 2.75) is 24.0 Å². The van der Waals surface area contributed by atoms with Crippen molar-refractivity contribution in [3.05, 3.63) is 45.8 Å². The first-order valence-corrected chi connectivity index (χ1v) is 10.2. The van der Waals surface area contributed by atoms with Gasteiger partial charge in [-0.1, -0.05) is 17.7 Å². The second kappa shape index (κ2) is 6.84. The zero-order chi connectivity index (χ0) is 17.3. The molecule has 0 unspecified atom stereocenters. The largest absolute Gasteiger partial charge is 0.320 e. The van der Waals surface area contributed by atoms with Crippen molar-refractivity contribution < 1.29 is 13.2 Å². The summed E-state index contributed by atoms with van der Waals surface area (Å²) < 4.78 is 26.7. The van der Waals surface area contributed by atoms with Crippen LogP contribution in [0.3, 0.4) is 0 Å². The molecule has 5 nitrogen and oxygen atoms in total. The summed E-state index contributed by atoms with van der Waals surface area (Å²) in [6.45, 7) is 2.99. The standard InChI is InChI=1S/C16H17ClN2O3S2/c1-11-4-5-13(12(17)10-11)18-16(20)14-6-7-15(23-14)24(21,22)19-8-2-3-9-19/h4-7,10H,2-3,8-9H2,1H3,(H,18,20). The van der Waals surface area contributed by atoms with Crippen LogP contribution in [0, 0.1) is 6.92 Å². The molecule has 0 aliphatic carbocycles. The van der Waals surface area contributed by atoms with Gasteiger partial charge in [0.1, 0.15) is 4.21 Å². The molecule has 2 aromatic rings. The van der Waals surface area contributed by atoms with E-state index >= 15 is 0 Å². The van der Waals surface area contributed by atoms with Crippen LogP contribution in [0.4, 0.5) is 5.69 Å². The van der Waals surface area contributed by atoms with Gasteiger partial charge in [-0.05, 0) is 49.6 Å². The van der Waals surface area contributed by atoms with Gasteiger partial charge >= 0.3 is 0 Å². The molecule has 1 N–H and O–H groups in total. The maximum Gasteiger partial charge on any atom is 0.265 e. The van der Waals surface area contributed by atoms with E-state index in [1.807, 2.05) is 13.0 Å². The Morgan fingerprint density at radius 2 is 1.92 bits per heavy atom. The molecule has 8 heteroatoms. The smallest absolute Gasteiger partial charge is 0.265 e. The highest BCUT2D eigenvalue weighted by Gasteiger charge is 2.29. The van der Waals surface area contributed by atoms with Crippen LogP contribution in [-0.4, -0.2) is 31.7 Å². The number of hydrogen-bond acceptors (Lipinski definition) is 4. The van der Waals surface area contributed by atoms with Crippen LogP contribution in [0.2, 0.25) is 5.02 Å². The van der Waals surface area contributed by atoms with Gasteiger partial charge in [-0.3, -0.25) is 4.79 Å². The Bertz CT molecular complexity index is 871. The van der Waals surface area contributed by atoms with Gasteiger partial charge in [0.05, 0.1) is 15.6 Å². The number of carbonyl (C=O) groups excluding carboxylic acids is 1. The number of benzene rings is 1. The molecule has 0 saturated carbocycles. The second-order valence-electron chi connectivity index (χ2n) is 5.67. The van der Waals surface area contributed by atoms with E-state index in [1.54, 1.807) is 12.1 Å². The Morgan fingerprint density at radius 3 is 2.58 bits per heavy atom. The van der Waals surface area contributed by atoms with E-state index in [9.17, 15) is 13.2 Å². The lowest BCUT2D eigenvalue weighted by Gasteiger charge is -2.13. The predicted octanol–water partition coefficient (Wildman–Crippen LogP) is 3.75. The number of aryl methyl sites for hydroxylation is 1. The molecule has 3 rings (SSSR count). The van der Waals surface area contributed by atoms with Crippen LogP contribution < -0.4 is 5.32 Å². The van der Waals surface area contributed by atoms with E-state index in [4.69, 9.17) is 11.6 Å². The number of anilines is 1. The summed E-state index contributed by atoms with van der Waals surface area (Å²) in [5.74, 6) is -0.367. The lowest BCUT2D eigenvalue weighted by molar-refractivity contribution is 0.103. The maximum atomic E-state index is 12.5. The zero-order valence-electron chi connectivity index (χ0n) is 13.1. The number of thiophene rings is 1. The average Bonchev–Trinajstić information content (AvgIpc) is 3.21. The van der Waals surface area contributed by atoms with E-state index in [0.717, 1.165) is 29.7 Å². The molecule has 0 radical (unpaired) electrons. The van der Waals surface area contributed by atoms with Gasteiger partial charge in [0.25, 0.3) is 15.9 Å². The van der Waals surface area contributed by atoms with Crippen molar-refractivity contribution in [1.29, 1.82) is 0 Å². The normalized spacial score (nSPS) is 15.6. The first-order chi connectivity index (χ1) is 11.4. The van der Waals surface area contributed by atoms with E-state index in [0.29, 0.717) is 28.7 Å². The van der Waals surface area contributed by atoms with Crippen molar-refractivity contribution in [1.82, 2.24) is 4.31 Å². The van der Waals surface area contributed by atoms with Gasteiger partial charge < -0.3 is 5.32 Å². The number of halogens is 1.